The van der Waals surface area contributed by atoms with Crippen LogP contribution in [-0.2, 0) is 14.3 Å². The van der Waals surface area contributed by atoms with Gasteiger partial charge in [-0.1, -0.05) is 30.3 Å². The predicted octanol–water partition coefficient (Wildman–Crippen LogP) is -0.228. The molecule has 0 spiro atoms. The van der Waals surface area contributed by atoms with Gasteiger partial charge in [-0.2, -0.15) is 0 Å². The third kappa shape index (κ3) is 2.99. The lowest BCUT2D eigenvalue weighted by molar-refractivity contribution is -0.146. The standard InChI is InChI=1S/C14H18O6/c1-19-10(16)7-9(15)14-12(18)11(17)13(20-14)8-5-3-2-4-6-8/h2-6,9,11-15,17-18H,7H2,1H3/t9-,11-,12-,13-,14+/m0/s1. The summed E-state index contributed by atoms with van der Waals surface area (Å²) in [4.78, 5) is 11.1. The highest BCUT2D eigenvalue weighted by Crippen LogP contribution is 2.35. The van der Waals surface area contributed by atoms with E-state index in [9.17, 15) is 20.1 Å². The van der Waals surface area contributed by atoms with Crippen molar-refractivity contribution >= 4 is 5.97 Å². The lowest BCUT2D eigenvalue weighted by Crippen LogP contribution is -2.39. The maximum absolute atomic E-state index is 11.1. The van der Waals surface area contributed by atoms with Crippen molar-refractivity contribution < 1.29 is 29.6 Å². The molecular formula is C14H18O6. The third-order valence-electron chi connectivity index (χ3n) is 3.41. The SMILES string of the molecule is COC(=O)C[C@H](O)[C@H]1O[C@@H](c2ccccc2)[C@@H](O)[C@@H]1O. The van der Waals surface area contributed by atoms with Crippen LogP contribution in [0, 0.1) is 0 Å². The molecule has 6 nitrogen and oxygen atoms in total. The van der Waals surface area contributed by atoms with E-state index in [1.165, 1.54) is 7.11 Å². The zero-order chi connectivity index (χ0) is 14.7. The average molecular weight is 282 g/mol. The van der Waals surface area contributed by atoms with E-state index in [2.05, 4.69) is 4.74 Å². The second-order valence-corrected chi connectivity index (χ2v) is 4.76. The van der Waals surface area contributed by atoms with Crippen LogP contribution in [0.2, 0.25) is 0 Å². The number of benzene rings is 1. The predicted molar refractivity (Wildman–Crippen MR) is 68.7 cm³/mol. The highest BCUT2D eigenvalue weighted by atomic mass is 16.6. The number of hydrogen-bond donors (Lipinski definition) is 3. The van der Waals surface area contributed by atoms with Gasteiger partial charge in [0.2, 0.25) is 0 Å². The maximum Gasteiger partial charge on any atom is 0.308 e. The van der Waals surface area contributed by atoms with Crippen LogP contribution >= 0.6 is 0 Å². The Balaban J connectivity index is 2.09. The zero-order valence-corrected chi connectivity index (χ0v) is 11.0. The summed E-state index contributed by atoms with van der Waals surface area (Å²) in [6.45, 7) is 0. The van der Waals surface area contributed by atoms with Crippen molar-refractivity contribution in [1.82, 2.24) is 0 Å². The highest BCUT2D eigenvalue weighted by Gasteiger charge is 2.46. The van der Waals surface area contributed by atoms with Gasteiger partial charge in [0.15, 0.2) is 0 Å². The van der Waals surface area contributed by atoms with Crippen LogP contribution in [0.25, 0.3) is 0 Å². The molecule has 20 heavy (non-hydrogen) atoms. The molecule has 0 unspecified atom stereocenters. The van der Waals surface area contributed by atoms with E-state index in [4.69, 9.17) is 4.74 Å². The number of esters is 1. The van der Waals surface area contributed by atoms with Crippen LogP contribution < -0.4 is 0 Å². The number of aliphatic hydroxyl groups is 3. The van der Waals surface area contributed by atoms with E-state index in [1.807, 2.05) is 6.07 Å². The molecule has 0 saturated carbocycles. The minimum Gasteiger partial charge on any atom is -0.469 e. The van der Waals surface area contributed by atoms with Crippen LogP contribution in [0.15, 0.2) is 30.3 Å². The Hall–Kier alpha value is -1.47. The van der Waals surface area contributed by atoms with E-state index in [0.717, 1.165) is 0 Å². The molecule has 0 amide bonds. The van der Waals surface area contributed by atoms with E-state index in [-0.39, 0.29) is 6.42 Å². The second kappa shape index (κ2) is 6.32. The van der Waals surface area contributed by atoms with Gasteiger partial charge in [0, 0.05) is 0 Å². The van der Waals surface area contributed by atoms with Crippen LogP contribution in [0.4, 0.5) is 0 Å². The van der Waals surface area contributed by atoms with Gasteiger partial charge in [-0.3, -0.25) is 4.79 Å². The van der Waals surface area contributed by atoms with Crippen LogP contribution in [0.3, 0.4) is 0 Å². The first-order chi connectivity index (χ1) is 9.54. The molecule has 1 fully saturated rings. The molecular weight excluding hydrogens is 264 g/mol. The molecule has 6 heteroatoms. The molecule has 1 heterocycles. The van der Waals surface area contributed by atoms with Gasteiger partial charge in [-0.25, -0.2) is 0 Å². The molecule has 1 saturated heterocycles. The van der Waals surface area contributed by atoms with Crippen LogP contribution in [-0.4, -0.2) is 52.8 Å². The van der Waals surface area contributed by atoms with E-state index in [0.29, 0.717) is 5.56 Å². The fourth-order valence-corrected chi connectivity index (χ4v) is 2.31. The monoisotopic (exact) mass is 282 g/mol. The summed E-state index contributed by atoms with van der Waals surface area (Å²) in [5, 5.41) is 29.9. The Bertz CT molecular complexity index is 448. The van der Waals surface area contributed by atoms with Gasteiger partial charge in [0.25, 0.3) is 0 Å². The van der Waals surface area contributed by atoms with Crippen molar-refractivity contribution in [3.63, 3.8) is 0 Å². The normalized spacial score (nSPS) is 31.0. The quantitative estimate of drug-likeness (QED) is 0.660. The summed E-state index contributed by atoms with van der Waals surface area (Å²) in [6.07, 6.45) is -5.72. The lowest BCUT2D eigenvalue weighted by Gasteiger charge is -2.20. The van der Waals surface area contributed by atoms with Crippen molar-refractivity contribution in [2.45, 2.75) is 36.9 Å². The molecule has 0 aromatic heterocycles. The average Bonchev–Trinajstić information content (AvgIpc) is 2.76. The minimum atomic E-state index is -1.26. The molecule has 0 radical (unpaired) electrons. The highest BCUT2D eigenvalue weighted by molar-refractivity contribution is 5.69. The Kier molecular flexibility index (Phi) is 4.72. The number of carbonyl (C=O) groups excluding carboxylic acids is 1. The summed E-state index contributed by atoms with van der Waals surface area (Å²) in [5.74, 6) is -0.606. The van der Waals surface area contributed by atoms with Gasteiger partial charge in [-0.15, -0.1) is 0 Å². The minimum absolute atomic E-state index is 0.299. The fourth-order valence-electron chi connectivity index (χ4n) is 2.31. The summed E-state index contributed by atoms with van der Waals surface area (Å²) >= 11 is 0. The van der Waals surface area contributed by atoms with Crippen molar-refractivity contribution in [2.75, 3.05) is 7.11 Å². The molecule has 110 valence electrons. The van der Waals surface area contributed by atoms with Gasteiger partial charge >= 0.3 is 5.97 Å². The number of rotatable bonds is 4. The largest absolute Gasteiger partial charge is 0.469 e. The summed E-state index contributed by atoms with van der Waals surface area (Å²) < 4.78 is 9.98. The fraction of sp³-hybridized carbons (Fsp3) is 0.500. The smallest absolute Gasteiger partial charge is 0.308 e. The first-order valence-electron chi connectivity index (χ1n) is 6.36. The number of aliphatic hydroxyl groups excluding tert-OH is 3. The van der Waals surface area contributed by atoms with Crippen molar-refractivity contribution in [1.29, 1.82) is 0 Å². The van der Waals surface area contributed by atoms with Crippen LogP contribution in [0.1, 0.15) is 18.1 Å². The molecule has 1 aromatic carbocycles. The number of ether oxygens (including phenoxy) is 2. The molecule has 1 aliphatic rings. The van der Waals surface area contributed by atoms with E-state index < -0.39 is 36.5 Å². The molecule has 1 aliphatic heterocycles. The first-order valence-corrected chi connectivity index (χ1v) is 6.36. The summed E-state index contributed by atoms with van der Waals surface area (Å²) in [5.41, 5.74) is 0.701. The Morgan fingerprint density at radius 2 is 1.95 bits per heavy atom. The maximum atomic E-state index is 11.1. The van der Waals surface area contributed by atoms with Gasteiger partial charge in [0.1, 0.15) is 24.4 Å². The number of carbonyl (C=O) groups is 1. The molecule has 5 atom stereocenters. The van der Waals surface area contributed by atoms with Crippen molar-refractivity contribution in [2.24, 2.45) is 0 Å². The Morgan fingerprint density at radius 1 is 1.30 bits per heavy atom. The van der Waals surface area contributed by atoms with Gasteiger partial charge < -0.3 is 24.8 Å². The molecule has 0 bridgehead atoms. The first kappa shape index (κ1) is 14.9. The molecule has 3 N–H and O–H groups in total. The molecule has 2 rings (SSSR count). The number of methoxy groups -OCH3 is 1. The van der Waals surface area contributed by atoms with E-state index >= 15 is 0 Å². The second-order valence-electron chi connectivity index (χ2n) is 4.76. The third-order valence-corrected chi connectivity index (χ3v) is 3.41. The number of hydrogen-bond acceptors (Lipinski definition) is 6. The van der Waals surface area contributed by atoms with Crippen molar-refractivity contribution in [3.8, 4) is 0 Å². The lowest BCUT2D eigenvalue weighted by atomic mass is 9.99. The Morgan fingerprint density at radius 3 is 2.55 bits per heavy atom. The molecule has 0 aliphatic carbocycles. The zero-order valence-electron chi connectivity index (χ0n) is 11.0. The summed E-state index contributed by atoms with van der Waals surface area (Å²) in [6, 6.07) is 8.92. The Labute approximate surface area is 116 Å². The van der Waals surface area contributed by atoms with E-state index in [1.54, 1.807) is 24.3 Å². The topological polar surface area (TPSA) is 96.2 Å². The molecule has 1 aromatic rings. The van der Waals surface area contributed by atoms with Gasteiger partial charge in [-0.05, 0) is 5.56 Å². The summed E-state index contributed by atoms with van der Waals surface area (Å²) in [7, 11) is 1.21. The van der Waals surface area contributed by atoms with Crippen molar-refractivity contribution in [3.05, 3.63) is 35.9 Å². The van der Waals surface area contributed by atoms with Gasteiger partial charge in [0.05, 0.1) is 19.6 Å². The van der Waals surface area contributed by atoms with Crippen LogP contribution in [0.5, 0.6) is 0 Å².